The van der Waals surface area contributed by atoms with Gasteiger partial charge in [0.2, 0.25) is 5.91 Å². The van der Waals surface area contributed by atoms with Crippen LogP contribution in [0.3, 0.4) is 0 Å². The zero-order valence-corrected chi connectivity index (χ0v) is 12.8. The molecule has 112 valence electrons. The highest BCUT2D eigenvalue weighted by molar-refractivity contribution is 5.76. The van der Waals surface area contributed by atoms with Crippen LogP contribution < -0.4 is 5.73 Å². The van der Waals surface area contributed by atoms with E-state index in [1.165, 1.54) is 12.8 Å². The predicted molar refractivity (Wildman–Crippen MR) is 76.9 cm³/mol. The van der Waals surface area contributed by atoms with Crippen molar-refractivity contribution in [2.45, 2.75) is 38.3 Å². The van der Waals surface area contributed by atoms with E-state index in [0.717, 1.165) is 12.5 Å². The minimum atomic E-state index is 0.112. The fourth-order valence-electron chi connectivity index (χ4n) is 2.48. The molecule has 1 saturated carbocycles. The van der Waals surface area contributed by atoms with E-state index in [0.29, 0.717) is 25.6 Å². The number of nitrogens with two attached hydrogens (primary N) is 1. The maximum absolute atomic E-state index is 11.9. The number of carbonyl (C=O) groups excluding carboxylic acids is 1. The Morgan fingerprint density at radius 1 is 1.42 bits per heavy atom. The Hall–Kier alpha value is -0.650. The molecule has 5 heteroatoms. The van der Waals surface area contributed by atoms with Gasteiger partial charge in [0.25, 0.3) is 0 Å². The van der Waals surface area contributed by atoms with E-state index >= 15 is 0 Å². The van der Waals surface area contributed by atoms with E-state index in [2.05, 4.69) is 11.8 Å². The highest BCUT2D eigenvalue weighted by Crippen LogP contribution is 2.36. The average Bonchev–Trinajstić information content (AvgIpc) is 3.21. The number of methoxy groups -OCH3 is 1. The summed E-state index contributed by atoms with van der Waals surface area (Å²) in [5, 5.41) is 0. The molecule has 0 bridgehead atoms. The van der Waals surface area contributed by atoms with Crippen LogP contribution in [-0.4, -0.2) is 68.7 Å². The summed E-state index contributed by atoms with van der Waals surface area (Å²) in [7, 11) is 5.29. The first-order chi connectivity index (χ1) is 9.01. The van der Waals surface area contributed by atoms with Crippen LogP contribution in [0, 0.1) is 5.92 Å². The highest BCUT2D eigenvalue weighted by atomic mass is 16.5. The van der Waals surface area contributed by atoms with Crippen molar-refractivity contribution in [3.63, 3.8) is 0 Å². The largest absolute Gasteiger partial charge is 0.383 e. The molecule has 1 aliphatic carbocycles. The normalized spacial score (nSPS) is 18.4. The van der Waals surface area contributed by atoms with Gasteiger partial charge in [0.15, 0.2) is 0 Å². The van der Waals surface area contributed by atoms with Crippen LogP contribution in [0.4, 0.5) is 0 Å². The molecule has 5 nitrogen and oxygen atoms in total. The molecule has 2 unspecified atom stereocenters. The molecule has 0 aromatic carbocycles. The summed E-state index contributed by atoms with van der Waals surface area (Å²) in [5.74, 6) is 0.904. The van der Waals surface area contributed by atoms with Crippen LogP contribution in [0.1, 0.15) is 26.2 Å². The fourth-order valence-corrected chi connectivity index (χ4v) is 2.48. The summed E-state index contributed by atoms with van der Waals surface area (Å²) in [6, 6.07) is 0.597. The summed E-state index contributed by atoms with van der Waals surface area (Å²) >= 11 is 0. The van der Waals surface area contributed by atoms with Crippen molar-refractivity contribution in [3.05, 3.63) is 0 Å². The smallest absolute Gasteiger partial charge is 0.223 e. The molecule has 1 fully saturated rings. The number of hydrogen-bond acceptors (Lipinski definition) is 4. The van der Waals surface area contributed by atoms with Gasteiger partial charge in [-0.05, 0) is 25.7 Å². The second-order valence-corrected chi connectivity index (χ2v) is 5.69. The Morgan fingerprint density at radius 3 is 2.47 bits per heavy atom. The average molecular weight is 271 g/mol. The SMILES string of the molecule is COCCN(C(CN)CC(=O)N(C)C)C(C)C1CC1. The van der Waals surface area contributed by atoms with Gasteiger partial charge in [-0.2, -0.15) is 0 Å². The second kappa shape index (κ2) is 7.82. The van der Waals surface area contributed by atoms with Crippen LogP contribution >= 0.6 is 0 Å². The van der Waals surface area contributed by atoms with Crippen LogP contribution in [0.5, 0.6) is 0 Å². The Morgan fingerprint density at radius 2 is 2.05 bits per heavy atom. The number of ether oxygens (including phenoxy) is 1. The number of amides is 1. The third kappa shape index (κ3) is 5.09. The maximum atomic E-state index is 11.9. The maximum Gasteiger partial charge on any atom is 0.223 e. The molecule has 0 aliphatic heterocycles. The quantitative estimate of drug-likeness (QED) is 0.665. The lowest BCUT2D eigenvalue weighted by Gasteiger charge is -2.36. The summed E-state index contributed by atoms with van der Waals surface area (Å²) in [6.45, 7) is 4.29. The van der Waals surface area contributed by atoms with Crippen molar-refractivity contribution >= 4 is 5.91 Å². The van der Waals surface area contributed by atoms with Crippen molar-refractivity contribution in [2.24, 2.45) is 11.7 Å². The standard InChI is InChI=1S/C14H29N3O2/c1-11(12-5-6-12)17(7-8-19-4)13(10-15)9-14(18)16(2)3/h11-13H,5-10,15H2,1-4H3. The summed E-state index contributed by atoms with van der Waals surface area (Å²) in [4.78, 5) is 15.9. The van der Waals surface area contributed by atoms with Crippen molar-refractivity contribution in [1.82, 2.24) is 9.80 Å². The van der Waals surface area contributed by atoms with Crippen molar-refractivity contribution in [1.29, 1.82) is 0 Å². The lowest BCUT2D eigenvalue weighted by atomic mass is 10.1. The molecule has 1 rings (SSSR count). The molecular weight excluding hydrogens is 242 g/mol. The molecule has 0 aromatic rings. The van der Waals surface area contributed by atoms with Gasteiger partial charge >= 0.3 is 0 Å². The Balaban J connectivity index is 2.64. The Kier molecular flexibility index (Phi) is 6.75. The van der Waals surface area contributed by atoms with Crippen molar-refractivity contribution < 1.29 is 9.53 Å². The van der Waals surface area contributed by atoms with Crippen LogP contribution in [0.2, 0.25) is 0 Å². The number of hydrogen-bond donors (Lipinski definition) is 1. The summed E-state index contributed by atoms with van der Waals surface area (Å²) in [5.41, 5.74) is 5.90. The number of nitrogens with zero attached hydrogens (tertiary/aromatic N) is 2. The van der Waals surface area contributed by atoms with Gasteiger partial charge in [-0.3, -0.25) is 9.69 Å². The predicted octanol–water partition coefficient (Wildman–Crippen LogP) is 0.539. The first kappa shape index (κ1) is 16.4. The Bertz CT molecular complexity index is 280. The molecule has 0 radical (unpaired) electrons. The zero-order valence-electron chi connectivity index (χ0n) is 12.8. The fraction of sp³-hybridized carbons (Fsp3) is 0.929. The van der Waals surface area contributed by atoms with E-state index < -0.39 is 0 Å². The van der Waals surface area contributed by atoms with Gasteiger partial charge in [-0.15, -0.1) is 0 Å². The van der Waals surface area contributed by atoms with Crippen LogP contribution in [0.25, 0.3) is 0 Å². The minimum Gasteiger partial charge on any atom is -0.383 e. The first-order valence-electron chi connectivity index (χ1n) is 7.16. The van der Waals surface area contributed by atoms with Gasteiger partial charge < -0.3 is 15.4 Å². The van der Waals surface area contributed by atoms with Crippen LogP contribution in [0.15, 0.2) is 0 Å². The zero-order chi connectivity index (χ0) is 14.4. The highest BCUT2D eigenvalue weighted by Gasteiger charge is 2.35. The second-order valence-electron chi connectivity index (χ2n) is 5.69. The third-order valence-electron chi connectivity index (χ3n) is 4.03. The molecule has 0 heterocycles. The molecule has 2 N–H and O–H groups in total. The number of carbonyl (C=O) groups is 1. The van der Waals surface area contributed by atoms with Gasteiger partial charge in [-0.1, -0.05) is 0 Å². The minimum absolute atomic E-state index is 0.112. The number of rotatable bonds is 9. The first-order valence-corrected chi connectivity index (χ1v) is 7.16. The molecule has 1 aliphatic rings. The topological polar surface area (TPSA) is 58.8 Å². The molecule has 2 atom stereocenters. The molecule has 0 saturated heterocycles. The monoisotopic (exact) mass is 271 g/mol. The summed E-state index contributed by atoms with van der Waals surface area (Å²) < 4.78 is 5.19. The molecule has 19 heavy (non-hydrogen) atoms. The van der Waals surface area contributed by atoms with Gasteiger partial charge in [0.05, 0.1) is 6.61 Å². The molecule has 0 aromatic heterocycles. The van der Waals surface area contributed by atoms with E-state index in [1.54, 1.807) is 26.1 Å². The van der Waals surface area contributed by atoms with Crippen molar-refractivity contribution in [2.75, 3.05) is 40.9 Å². The summed E-state index contributed by atoms with van der Waals surface area (Å²) in [6.07, 6.45) is 3.08. The van der Waals surface area contributed by atoms with Gasteiger partial charge in [-0.25, -0.2) is 0 Å². The van der Waals surface area contributed by atoms with Crippen LogP contribution in [-0.2, 0) is 9.53 Å². The van der Waals surface area contributed by atoms with Gasteiger partial charge in [0, 0.05) is 52.8 Å². The molecule has 1 amide bonds. The van der Waals surface area contributed by atoms with E-state index in [1.807, 2.05) is 0 Å². The van der Waals surface area contributed by atoms with Crippen molar-refractivity contribution in [3.8, 4) is 0 Å². The van der Waals surface area contributed by atoms with Gasteiger partial charge in [0.1, 0.15) is 0 Å². The van der Waals surface area contributed by atoms with E-state index in [4.69, 9.17) is 10.5 Å². The molecular formula is C14H29N3O2. The molecule has 0 spiro atoms. The van der Waals surface area contributed by atoms with E-state index in [-0.39, 0.29) is 11.9 Å². The lowest BCUT2D eigenvalue weighted by molar-refractivity contribution is -0.130. The lowest BCUT2D eigenvalue weighted by Crippen LogP contribution is -2.50. The van der Waals surface area contributed by atoms with E-state index in [9.17, 15) is 4.79 Å². The Labute approximate surface area is 117 Å². The third-order valence-corrected chi connectivity index (χ3v) is 4.03.